The summed E-state index contributed by atoms with van der Waals surface area (Å²) < 4.78 is 34.3. The van der Waals surface area contributed by atoms with Crippen molar-refractivity contribution in [3.05, 3.63) is 97.2 Å². The highest BCUT2D eigenvalue weighted by Crippen LogP contribution is 2.38. The molecule has 0 saturated carbocycles. The van der Waals surface area contributed by atoms with Crippen LogP contribution in [0.3, 0.4) is 0 Å². The van der Waals surface area contributed by atoms with Gasteiger partial charge in [0.1, 0.15) is 19.8 Å². The number of likely N-dealkylation sites (N-methyl/N-ethyl adjacent to an activating group) is 1. The molecule has 0 bridgehead atoms. The Balaban J connectivity index is 3.98. The molecule has 0 radical (unpaired) electrons. The van der Waals surface area contributed by atoms with Gasteiger partial charge in [-0.15, -0.1) is 0 Å². The number of quaternary nitrogens is 1. The minimum atomic E-state index is -4.65. The first kappa shape index (κ1) is 80.9. The number of hydrogen-bond donors (Lipinski definition) is 0. The monoisotopic (exact) mass is 1190 g/mol. The third-order valence-electron chi connectivity index (χ3n) is 15.1. The van der Waals surface area contributed by atoms with E-state index >= 15 is 0 Å². The summed E-state index contributed by atoms with van der Waals surface area (Å²) in [7, 11) is 1.16. The smallest absolute Gasteiger partial charge is 0.306 e. The zero-order valence-corrected chi connectivity index (χ0v) is 56.2. The molecule has 0 N–H and O–H groups in total. The highest BCUT2D eigenvalue weighted by atomic mass is 31.2. The maximum atomic E-state index is 12.9. The predicted octanol–water partition coefficient (Wildman–Crippen LogP) is 22.1. The van der Waals surface area contributed by atoms with Crippen molar-refractivity contribution in [2.45, 2.75) is 315 Å². The SMILES string of the molecule is CC/C=C\C/C=C\C/C=C\C/C=C\C/C=C\CCCCCCCCCCCCCCCCCCCCCCCCCC(=O)OC(COC(=O)CCCCCCCC/C=C\C/C=C\C/C=C\CCCCCCC)COP(=O)([O-])OCC[N+](C)(C)C. The van der Waals surface area contributed by atoms with E-state index in [2.05, 4.69) is 111 Å². The second-order valence-corrected chi connectivity index (χ2v) is 25.9. The summed E-state index contributed by atoms with van der Waals surface area (Å²) in [6.07, 6.45) is 89.2. The molecule has 10 heteroatoms. The van der Waals surface area contributed by atoms with E-state index in [1.54, 1.807) is 0 Å². The lowest BCUT2D eigenvalue weighted by Crippen LogP contribution is -2.37. The van der Waals surface area contributed by atoms with Gasteiger partial charge in [0, 0.05) is 12.8 Å². The molecule has 84 heavy (non-hydrogen) atoms. The van der Waals surface area contributed by atoms with Gasteiger partial charge < -0.3 is 27.9 Å². The fraction of sp³-hybridized carbons (Fsp3) is 0.757. The average molecular weight is 1190 g/mol. The first-order chi connectivity index (χ1) is 41.0. The fourth-order valence-electron chi connectivity index (χ4n) is 9.75. The Hall–Kier alpha value is -3.07. The number of phosphoric ester groups is 1. The number of rotatable bonds is 64. The summed E-state index contributed by atoms with van der Waals surface area (Å²) in [5.41, 5.74) is 0. The lowest BCUT2D eigenvalue weighted by molar-refractivity contribution is -0.870. The Kier molecular flexibility index (Phi) is 62.1. The third-order valence-corrected chi connectivity index (χ3v) is 16.1. The minimum Gasteiger partial charge on any atom is -0.756 e. The normalized spacial score (nSPS) is 13.7. The van der Waals surface area contributed by atoms with E-state index in [9.17, 15) is 19.0 Å². The van der Waals surface area contributed by atoms with Crippen molar-refractivity contribution in [1.82, 2.24) is 0 Å². The van der Waals surface area contributed by atoms with Crippen LogP contribution < -0.4 is 4.89 Å². The summed E-state index contributed by atoms with van der Waals surface area (Å²) in [6.45, 7) is 4.13. The second-order valence-electron chi connectivity index (χ2n) is 24.5. The first-order valence-electron chi connectivity index (χ1n) is 34.9. The third kappa shape index (κ3) is 68.0. The van der Waals surface area contributed by atoms with Crippen LogP contribution in [0.4, 0.5) is 0 Å². The van der Waals surface area contributed by atoms with Gasteiger partial charge >= 0.3 is 11.9 Å². The molecule has 2 atom stereocenters. The molecule has 0 fully saturated rings. The molecule has 0 amide bonds. The molecule has 2 unspecified atom stereocenters. The van der Waals surface area contributed by atoms with Crippen molar-refractivity contribution in [2.24, 2.45) is 0 Å². The molecule has 0 aromatic heterocycles. The lowest BCUT2D eigenvalue weighted by Gasteiger charge is -2.28. The number of esters is 2. The molecule has 0 rings (SSSR count). The molecule has 0 saturated heterocycles. The second kappa shape index (κ2) is 64.4. The van der Waals surface area contributed by atoms with Crippen LogP contribution in [0.5, 0.6) is 0 Å². The van der Waals surface area contributed by atoms with Gasteiger partial charge in [0.25, 0.3) is 7.82 Å². The van der Waals surface area contributed by atoms with Gasteiger partial charge in [-0.3, -0.25) is 14.2 Å². The zero-order valence-electron chi connectivity index (χ0n) is 55.3. The van der Waals surface area contributed by atoms with Crippen LogP contribution in [0.15, 0.2) is 97.2 Å². The molecule has 0 aromatic carbocycles. The standard InChI is InChI=1S/C74H132NO8P/c1-6-8-10-12-14-16-18-20-22-24-26-28-29-30-31-32-33-34-35-36-37-38-39-40-41-42-43-44-45-47-49-51-53-55-57-59-61-63-65-67-74(77)83-72(71-82-84(78,79)81-69-68-75(3,4)5)70-80-73(76)66-64-62-60-58-56-54-52-50-48-46-27-25-23-21-19-17-15-13-11-9-7-2/h8,10,14,16,19-22,25-28,30-31,48,50,72H,6-7,9,11-13,15,17-18,23-24,29,32-47,49,51-71H2,1-5H3/b10-8-,16-14-,21-19-,22-20-,27-25-,28-26-,31-30-,50-48-. The van der Waals surface area contributed by atoms with Crippen LogP contribution in [0, 0.1) is 0 Å². The quantitative estimate of drug-likeness (QED) is 0.0195. The molecule has 0 aliphatic rings. The molecule has 486 valence electrons. The van der Waals surface area contributed by atoms with Crippen LogP contribution in [-0.2, 0) is 32.7 Å². The summed E-state index contributed by atoms with van der Waals surface area (Å²) in [5, 5.41) is 0. The van der Waals surface area contributed by atoms with Crippen LogP contribution >= 0.6 is 7.82 Å². The van der Waals surface area contributed by atoms with Crippen molar-refractivity contribution in [1.29, 1.82) is 0 Å². The highest BCUT2D eigenvalue weighted by Gasteiger charge is 2.22. The minimum absolute atomic E-state index is 0.0347. The summed E-state index contributed by atoms with van der Waals surface area (Å²) in [5.74, 6) is -0.839. The highest BCUT2D eigenvalue weighted by molar-refractivity contribution is 7.45. The van der Waals surface area contributed by atoms with Crippen LogP contribution in [0.2, 0.25) is 0 Å². The van der Waals surface area contributed by atoms with Crippen molar-refractivity contribution < 1.29 is 42.1 Å². The Morgan fingerprint density at radius 2 is 0.679 bits per heavy atom. The Morgan fingerprint density at radius 1 is 0.381 bits per heavy atom. The van der Waals surface area contributed by atoms with Crippen molar-refractivity contribution in [3.63, 3.8) is 0 Å². The number of carbonyl (C=O) groups excluding carboxylic acids is 2. The predicted molar refractivity (Wildman–Crippen MR) is 360 cm³/mol. The van der Waals surface area contributed by atoms with Crippen LogP contribution in [0.25, 0.3) is 0 Å². The Labute approximate surface area is 519 Å². The number of carbonyl (C=O) groups is 2. The topological polar surface area (TPSA) is 111 Å². The van der Waals surface area contributed by atoms with E-state index in [0.29, 0.717) is 23.9 Å². The van der Waals surface area contributed by atoms with Crippen molar-refractivity contribution in [2.75, 3.05) is 47.5 Å². The maximum Gasteiger partial charge on any atom is 0.306 e. The molecule has 0 heterocycles. The fourth-order valence-corrected chi connectivity index (χ4v) is 10.5. The van der Waals surface area contributed by atoms with Gasteiger partial charge in [0.2, 0.25) is 0 Å². The molecular weight excluding hydrogens is 1060 g/mol. The van der Waals surface area contributed by atoms with Gasteiger partial charge in [-0.05, 0) is 96.3 Å². The molecule has 0 aliphatic carbocycles. The molecule has 0 spiro atoms. The number of allylic oxidation sites excluding steroid dienone is 16. The Morgan fingerprint density at radius 3 is 1.01 bits per heavy atom. The van der Waals surface area contributed by atoms with E-state index in [1.165, 1.54) is 180 Å². The molecule has 0 aromatic rings. The van der Waals surface area contributed by atoms with Gasteiger partial charge in [-0.25, -0.2) is 0 Å². The largest absolute Gasteiger partial charge is 0.756 e. The van der Waals surface area contributed by atoms with E-state index in [-0.39, 0.29) is 26.1 Å². The van der Waals surface area contributed by atoms with Gasteiger partial charge in [0.15, 0.2) is 6.10 Å². The molecule has 9 nitrogen and oxygen atoms in total. The zero-order chi connectivity index (χ0) is 61.2. The van der Waals surface area contributed by atoms with Crippen molar-refractivity contribution >= 4 is 19.8 Å². The number of phosphoric acid groups is 1. The number of ether oxygens (including phenoxy) is 2. The number of hydrogen-bond acceptors (Lipinski definition) is 8. The maximum absolute atomic E-state index is 12.9. The van der Waals surface area contributed by atoms with Gasteiger partial charge in [0.05, 0.1) is 27.7 Å². The lowest BCUT2D eigenvalue weighted by atomic mass is 10.0. The number of nitrogens with zero attached hydrogens (tertiary/aromatic N) is 1. The van der Waals surface area contributed by atoms with Gasteiger partial charge in [-0.2, -0.15) is 0 Å². The summed E-state index contributed by atoms with van der Waals surface area (Å²) in [4.78, 5) is 38.0. The first-order valence-corrected chi connectivity index (χ1v) is 36.4. The van der Waals surface area contributed by atoms with Crippen molar-refractivity contribution in [3.8, 4) is 0 Å². The molecular formula is C74H132NO8P. The van der Waals surface area contributed by atoms with E-state index in [0.717, 1.165) is 89.9 Å². The summed E-state index contributed by atoms with van der Waals surface area (Å²) in [6, 6.07) is 0. The number of unbranched alkanes of at least 4 members (excludes halogenated alkanes) is 34. The molecule has 0 aliphatic heterocycles. The average Bonchev–Trinajstić information content (AvgIpc) is 3.61. The van der Waals surface area contributed by atoms with E-state index in [1.807, 2.05) is 21.1 Å². The van der Waals surface area contributed by atoms with E-state index < -0.39 is 32.5 Å². The summed E-state index contributed by atoms with van der Waals surface area (Å²) >= 11 is 0. The van der Waals surface area contributed by atoms with Crippen LogP contribution in [-0.4, -0.2) is 70.0 Å². The van der Waals surface area contributed by atoms with Gasteiger partial charge in [-0.1, -0.05) is 297 Å². The van der Waals surface area contributed by atoms with Crippen LogP contribution in [0.1, 0.15) is 309 Å². The Bertz CT molecular complexity index is 1740. The van der Waals surface area contributed by atoms with E-state index in [4.69, 9.17) is 18.5 Å².